The van der Waals surface area contributed by atoms with Gasteiger partial charge in [-0.15, -0.1) is 0 Å². The number of carbonyl (C=O) groups excluding carboxylic acids is 1. The Balaban J connectivity index is 1.50. The normalized spacial score (nSPS) is 33.8. The van der Waals surface area contributed by atoms with Gasteiger partial charge < -0.3 is 16.0 Å². The Kier molecular flexibility index (Phi) is 3.07. The van der Waals surface area contributed by atoms with Gasteiger partial charge in [0.1, 0.15) is 5.82 Å². The van der Waals surface area contributed by atoms with E-state index in [1.165, 1.54) is 12.8 Å². The van der Waals surface area contributed by atoms with Crippen molar-refractivity contribution >= 4 is 5.91 Å². The van der Waals surface area contributed by atoms with Crippen LogP contribution in [0.2, 0.25) is 0 Å². The van der Waals surface area contributed by atoms with Gasteiger partial charge in [-0.25, -0.2) is 4.98 Å². The largest absolute Gasteiger partial charge is 0.355 e. The molecule has 2 bridgehead atoms. The summed E-state index contributed by atoms with van der Waals surface area (Å²) in [5.74, 6) is 2.19. The van der Waals surface area contributed by atoms with Crippen LogP contribution in [0.4, 0.5) is 0 Å². The minimum absolute atomic E-state index is 0.0420. The molecule has 5 nitrogen and oxygen atoms in total. The molecule has 1 aromatic heterocycles. The molecule has 0 saturated heterocycles. The summed E-state index contributed by atoms with van der Waals surface area (Å²) in [7, 11) is 0. The summed E-state index contributed by atoms with van der Waals surface area (Å²) < 4.78 is 0. The van der Waals surface area contributed by atoms with E-state index < -0.39 is 0 Å². The Morgan fingerprint density at radius 3 is 3.00 bits per heavy atom. The summed E-state index contributed by atoms with van der Waals surface area (Å²) in [6, 6.07) is 0.0763. The first-order chi connectivity index (χ1) is 8.75. The molecule has 18 heavy (non-hydrogen) atoms. The molecule has 1 heterocycles. The first kappa shape index (κ1) is 11.7. The Hall–Kier alpha value is -1.36. The number of nitrogens with zero attached hydrogens (tertiary/aromatic N) is 1. The van der Waals surface area contributed by atoms with Crippen LogP contribution in [0.1, 0.15) is 25.1 Å². The highest BCUT2D eigenvalue weighted by Gasteiger charge is 2.48. The van der Waals surface area contributed by atoms with E-state index in [1.807, 2.05) is 0 Å². The summed E-state index contributed by atoms with van der Waals surface area (Å²) in [5.41, 5.74) is 6.15. The molecule has 4 N–H and O–H groups in total. The monoisotopic (exact) mass is 248 g/mol. The lowest BCUT2D eigenvalue weighted by molar-refractivity contribution is -0.127. The number of hydrogen-bond donors (Lipinski definition) is 3. The number of nitrogens with one attached hydrogen (secondary N) is 2. The van der Waals surface area contributed by atoms with Crippen LogP contribution in [0.15, 0.2) is 12.4 Å². The second-order valence-electron chi connectivity index (χ2n) is 5.51. The predicted octanol–water partition coefficient (Wildman–Crippen LogP) is 0.442. The van der Waals surface area contributed by atoms with Gasteiger partial charge in [0.15, 0.2) is 0 Å². The lowest BCUT2D eigenvalue weighted by Crippen LogP contribution is -2.45. The first-order valence-electron chi connectivity index (χ1n) is 6.77. The van der Waals surface area contributed by atoms with Crippen molar-refractivity contribution in [2.45, 2.75) is 31.7 Å². The van der Waals surface area contributed by atoms with Crippen LogP contribution in [0.25, 0.3) is 0 Å². The SMILES string of the molecule is NC1C2CCC(C2)C1C(=O)NCCc1ncc[nH]1. The summed E-state index contributed by atoms with van der Waals surface area (Å²) >= 11 is 0. The zero-order valence-corrected chi connectivity index (χ0v) is 10.4. The van der Waals surface area contributed by atoms with Gasteiger partial charge in [0.25, 0.3) is 0 Å². The molecule has 2 saturated carbocycles. The zero-order chi connectivity index (χ0) is 12.5. The topological polar surface area (TPSA) is 83.8 Å². The van der Waals surface area contributed by atoms with Gasteiger partial charge in [0, 0.05) is 31.4 Å². The number of aromatic amines is 1. The van der Waals surface area contributed by atoms with Crippen LogP contribution in [-0.4, -0.2) is 28.5 Å². The zero-order valence-electron chi connectivity index (χ0n) is 10.4. The maximum Gasteiger partial charge on any atom is 0.224 e. The number of aromatic nitrogens is 2. The van der Waals surface area contributed by atoms with E-state index in [9.17, 15) is 4.79 Å². The molecule has 4 unspecified atom stereocenters. The van der Waals surface area contributed by atoms with Crippen LogP contribution >= 0.6 is 0 Å². The number of nitrogens with two attached hydrogens (primary N) is 1. The van der Waals surface area contributed by atoms with Crippen molar-refractivity contribution in [3.63, 3.8) is 0 Å². The van der Waals surface area contributed by atoms with Crippen LogP contribution < -0.4 is 11.1 Å². The van der Waals surface area contributed by atoms with E-state index in [0.29, 0.717) is 18.4 Å². The average Bonchev–Trinajstić information content (AvgIpc) is 3.03. The second kappa shape index (κ2) is 4.72. The molecule has 2 aliphatic rings. The summed E-state index contributed by atoms with van der Waals surface area (Å²) in [5, 5.41) is 3.00. The Morgan fingerprint density at radius 1 is 1.50 bits per heavy atom. The number of amides is 1. The number of hydrogen-bond acceptors (Lipinski definition) is 3. The highest BCUT2D eigenvalue weighted by molar-refractivity contribution is 5.80. The molecule has 1 amide bonds. The third-order valence-corrected chi connectivity index (χ3v) is 4.50. The summed E-state index contributed by atoms with van der Waals surface area (Å²) in [4.78, 5) is 19.3. The minimum Gasteiger partial charge on any atom is -0.355 e. The molecular formula is C13H20N4O. The van der Waals surface area contributed by atoms with Crippen molar-refractivity contribution in [3.8, 4) is 0 Å². The molecule has 98 valence electrons. The molecule has 3 rings (SSSR count). The average molecular weight is 248 g/mol. The van der Waals surface area contributed by atoms with E-state index in [-0.39, 0.29) is 17.9 Å². The standard InChI is InChI=1S/C13H20N4O/c14-12-9-2-1-8(7-9)11(12)13(18)17-4-3-10-15-5-6-16-10/h5-6,8-9,11-12H,1-4,7,14H2,(H,15,16)(H,17,18). The Bertz CT molecular complexity index is 415. The molecule has 2 fully saturated rings. The highest BCUT2D eigenvalue weighted by Crippen LogP contribution is 2.47. The van der Waals surface area contributed by atoms with E-state index >= 15 is 0 Å². The molecule has 2 aliphatic carbocycles. The fraction of sp³-hybridized carbons (Fsp3) is 0.692. The van der Waals surface area contributed by atoms with Gasteiger partial charge in [0.05, 0.1) is 5.92 Å². The molecular weight excluding hydrogens is 228 g/mol. The summed E-state index contributed by atoms with van der Waals surface area (Å²) in [6.45, 7) is 0.632. The van der Waals surface area contributed by atoms with Gasteiger partial charge in [-0.1, -0.05) is 0 Å². The number of carbonyl (C=O) groups is 1. The molecule has 1 aromatic rings. The van der Waals surface area contributed by atoms with Crippen molar-refractivity contribution in [2.75, 3.05) is 6.54 Å². The van der Waals surface area contributed by atoms with Crippen molar-refractivity contribution in [1.29, 1.82) is 0 Å². The Morgan fingerprint density at radius 2 is 2.33 bits per heavy atom. The number of fused-ring (bicyclic) bond motifs is 2. The first-order valence-corrected chi connectivity index (χ1v) is 6.77. The van der Waals surface area contributed by atoms with Crippen molar-refractivity contribution in [2.24, 2.45) is 23.5 Å². The lowest BCUT2D eigenvalue weighted by atomic mass is 9.84. The van der Waals surface area contributed by atoms with E-state index in [0.717, 1.165) is 18.7 Å². The fourth-order valence-corrected chi connectivity index (χ4v) is 3.58. The van der Waals surface area contributed by atoms with Crippen molar-refractivity contribution < 1.29 is 4.79 Å². The molecule has 4 atom stereocenters. The third-order valence-electron chi connectivity index (χ3n) is 4.50. The molecule has 0 spiro atoms. The number of imidazole rings is 1. The number of H-pyrrole nitrogens is 1. The summed E-state index contributed by atoms with van der Waals surface area (Å²) in [6.07, 6.45) is 7.80. The quantitative estimate of drug-likeness (QED) is 0.723. The maximum atomic E-state index is 12.2. The van der Waals surface area contributed by atoms with Crippen LogP contribution in [0.5, 0.6) is 0 Å². The predicted molar refractivity (Wildman–Crippen MR) is 67.6 cm³/mol. The lowest BCUT2D eigenvalue weighted by Gasteiger charge is -2.26. The van der Waals surface area contributed by atoms with Crippen LogP contribution in [0.3, 0.4) is 0 Å². The van der Waals surface area contributed by atoms with E-state index in [1.54, 1.807) is 12.4 Å². The van der Waals surface area contributed by atoms with Crippen molar-refractivity contribution in [1.82, 2.24) is 15.3 Å². The fourth-order valence-electron chi connectivity index (χ4n) is 3.58. The van der Waals surface area contributed by atoms with Crippen molar-refractivity contribution in [3.05, 3.63) is 18.2 Å². The molecule has 0 aliphatic heterocycles. The van der Waals surface area contributed by atoms with E-state index in [4.69, 9.17) is 5.73 Å². The molecule has 0 radical (unpaired) electrons. The van der Waals surface area contributed by atoms with Crippen LogP contribution in [0, 0.1) is 17.8 Å². The van der Waals surface area contributed by atoms with Gasteiger partial charge in [-0.3, -0.25) is 4.79 Å². The highest BCUT2D eigenvalue weighted by atomic mass is 16.1. The molecule has 0 aromatic carbocycles. The third kappa shape index (κ3) is 2.03. The Labute approximate surface area is 107 Å². The maximum absolute atomic E-state index is 12.2. The molecule has 5 heteroatoms. The van der Waals surface area contributed by atoms with Crippen LogP contribution in [-0.2, 0) is 11.2 Å². The number of rotatable bonds is 4. The minimum atomic E-state index is 0.0420. The van der Waals surface area contributed by atoms with Gasteiger partial charge >= 0.3 is 0 Å². The van der Waals surface area contributed by atoms with Gasteiger partial charge in [0.2, 0.25) is 5.91 Å². The van der Waals surface area contributed by atoms with Gasteiger partial charge in [-0.05, 0) is 31.1 Å². The smallest absolute Gasteiger partial charge is 0.224 e. The second-order valence-corrected chi connectivity index (χ2v) is 5.51. The van der Waals surface area contributed by atoms with Gasteiger partial charge in [-0.2, -0.15) is 0 Å². The van der Waals surface area contributed by atoms with E-state index in [2.05, 4.69) is 15.3 Å².